The van der Waals surface area contributed by atoms with Crippen LogP contribution in [0.25, 0.3) is 11.1 Å². The highest BCUT2D eigenvalue weighted by Crippen LogP contribution is 2.30. The van der Waals surface area contributed by atoms with Gasteiger partial charge < -0.3 is 26.1 Å². The molecule has 0 heterocycles. The van der Waals surface area contributed by atoms with Crippen LogP contribution in [0.2, 0.25) is 0 Å². The van der Waals surface area contributed by atoms with Crippen LogP contribution in [0.4, 0.5) is 29.3 Å². The number of halogens is 3. The molecular formula is C27H27F3N4O3. The maximum absolute atomic E-state index is 12.7. The van der Waals surface area contributed by atoms with E-state index in [0.29, 0.717) is 31.2 Å². The van der Waals surface area contributed by atoms with Crippen LogP contribution in [0.5, 0.6) is 0 Å². The molecule has 194 valence electrons. The number of nitrogens with zero attached hydrogens (tertiary/aromatic N) is 1. The Morgan fingerprint density at radius 1 is 1.00 bits per heavy atom. The number of nitrogens with two attached hydrogens (primary N) is 1. The van der Waals surface area contributed by atoms with Crippen LogP contribution in [0.3, 0.4) is 0 Å². The molecule has 0 spiro atoms. The van der Waals surface area contributed by atoms with Gasteiger partial charge in [-0.15, -0.1) is 0 Å². The van der Waals surface area contributed by atoms with Crippen molar-refractivity contribution in [3.05, 3.63) is 83.9 Å². The van der Waals surface area contributed by atoms with Gasteiger partial charge in [0.2, 0.25) is 5.91 Å². The summed E-state index contributed by atoms with van der Waals surface area (Å²) in [5.74, 6) is -0.497. The van der Waals surface area contributed by atoms with Gasteiger partial charge >= 0.3 is 12.2 Å². The van der Waals surface area contributed by atoms with Gasteiger partial charge in [-0.05, 0) is 66.4 Å². The average Bonchev–Trinajstić information content (AvgIpc) is 2.87. The number of benzene rings is 3. The quantitative estimate of drug-likeness (QED) is 0.330. The Kier molecular flexibility index (Phi) is 8.89. The Hall–Kier alpha value is -4.34. The molecule has 0 saturated carbocycles. The van der Waals surface area contributed by atoms with E-state index in [4.69, 9.17) is 5.73 Å². The van der Waals surface area contributed by atoms with Crippen LogP contribution >= 0.6 is 0 Å². The van der Waals surface area contributed by atoms with Crippen molar-refractivity contribution in [2.75, 3.05) is 23.8 Å². The molecule has 0 radical (unpaired) electrons. The number of hydrogen-bond acceptors (Lipinski definition) is 4. The molecule has 10 heteroatoms. The zero-order chi connectivity index (χ0) is 27.0. The highest BCUT2D eigenvalue weighted by Gasteiger charge is 2.30. The SMILES string of the molecule is CN(CCCC(C=O)NC(=O)Nc1ccc(C(F)(F)F)cc1)c1ccc(-c2ccccc2C(N)=O)cc1. The number of aldehydes is 1. The van der Waals surface area contributed by atoms with Gasteiger partial charge in [-0.25, -0.2) is 4.79 Å². The number of alkyl halides is 3. The van der Waals surface area contributed by atoms with Gasteiger partial charge in [0.15, 0.2) is 0 Å². The number of carbonyl (C=O) groups excluding carboxylic acids is 3. The minimum Gasteiger partial charge on any atom is -0.375 e. The summed E-state index contributed by atoms with van der Waals surface area (Å²) < 4.78 is 38.0. The summed E-state index contributed by atoms with van der Waals surface area (Å²) in [5, 5.41) is 4.94. The van der Waals surface area contributed by atoms with Crippen LogP contribution in [0.15, 0.2) is 72.8 Å². The second-order valence-corrected chi connectivity index (χ2v) is 8.44. The second kappa shape index (κ2) is 12.1. The van der Waals surface area contributed by atoms with Crippen molar-refractivity contribution in [3.63, 3.8) is 0 Å². The number of amides is 3. The lowest BCUT2D eigenvalue weighted by Gasteiger charge is -2.21. The van der Waals surface area contributed by atoms with Gasteiger partial charge in [0, 0.05) is 30.5 Å². The minimum atomic E-state index is -4.46. The molecule has 0 aliphatic carbocycles. The van der Waals surface area contributed by atoms with Crippen molar-refractivity contribution < 1.29 is 27.6 Å². The van der Waals surface area contributed by atoms with E-state index < -0.39 is 29.7 Å². The second-order valence-electron chi connectivity index (χ2n) is 8.44. The van der Waals surface area contributed by atoms with Crippen molar-refractivity contribution in [3.8, 4) is 11.1 Å². The lowest BCUT2D eigenvalue weighted by atomic mass is 9.99. The number of rotatable bonds is 10. The van der Waals surface area contributed by atoms with Gasteiger partial charge in [-0.3, -0.25) is 4.79 Å². The molecule has 1 unspecified atom stereocenters. The van der Waals surface area contributed by atoms with Crippen LogP contribution < -0.4 is 21.3 Å². The maximum atomic E-state index is 12.7. The van der Waals surface area contributed by atoms with Crippen molar-refractivity contribution in [1.29, 1.82) is 0 Å². The number of nitrogens with one attached hydrogen (secondary N) is 2. The summed E-state index contributed by atoms with van der Waals surface area (Å²) in [6, 6.07) is 17.3. The molecule has 7 nitrogen and oxygen atoms in total. The number of hydrogen-bond donors (Lipinski definition) is 3. The predicted molar refractivity (Wildman–Crippen MR) is 136 cm³/mol. The van der Waals surface area contributed by atoms with Crippen molar-refractivity contribution >= 4 is 29.6 Å². The average molecular weight is 513 g/mol. The van der Waals surface area contributed by atoms with E-state index in [1.165, 1.54) is 0 Å². The third-order valence-electron chi connectivity index (χ3n) is 5.77. The summed E-state index contributed by atoms with van der Waals surface area (Å²) in [7, 11) is 1.90. The monoisotopic (exact) mass is 512 g/mol. The smallest absolute Gasteiger partial charge is 0.375 e. The molecule has 4 N–H and O–H groups in total. The third-order valence-corrected chi connectivity index (χ3v) is 5.77. The van der Waals surface area contributed by atoms with Gasteiger partial charge in [-0.1, -0.05) is 30.3 Å². The zero-order valence-electron chi connectivity index (χ0n) is 20.1. The number of anilines is 2. The lowest BCUT2D eigenvalue weighted by Crippen LogP contribution is -2.39. The summed E-state index contributed by atoms with van der Waals surface area (Å²) >= 11 is 0. The van der Waals surface area contributed by atoms with E-state index >= 15 is 0 Å². The van der Waals surface area contributed by atoms with E-state index in [1.54, 1.807) is 12.1 Å². The molecule has 0 saturated heterocycles. The summed E-state index contributed by atoms with van der Waals surface area (Å²) in [6.45, 7) is 0.601. The molecule has 0 fully saturated rings. The molecular weight excluding hydrogens is 485 g/mol. The molecule has 0 bridgehead atoms. The molecule has 3 aromatic rings. The minimum absolute atomic E-state index is 0.178. The van der Waals surface area contributed by atoms with Gasteiger partial charge in [0.25, 0.3) is 0 Å². The maximum Gasteiger partial charge on any atom is 0.416 e. The topological polar surface area (TPSA) is 105 Å². The Morgan fingerprint density at radius 3 is 2.24 bits per heavy atom. The van der Waals surface area contributed by atoms with E-state index in [1.807, 2.05) is 48.3 Å². The third kappa shape index (κ3) is 7.57. The molecule has 37 heavy (non-hydrogen) atoms. The van der Waals surface area contributed by atoms with Crippen LogP contribution in [0.1, 0.15) is 28.8 Å². The van der Waals surface area contributed by atoms with Crippen LogP contribution in [-0.4, -0.2) is 37.9 Å². The highest BCUT2D eigenvalue weighted by molar-refractivity contribution is 5.99. The van der Waals surface area contributed by atoms with Crippen LogP contribution in [0, 0.1) is 0 Å². The molecule has 0 aliphatic rings. The Morgan fingerprint density at radius 2 is 1.65 bits per heavy atom. The molecule has 3 rings (SSSR count). The standard InChI is InChI=1S/C27H27F3N4O3/c1-34(22-14-8-18(9-15-22)23-6-2-3-7-24(23)25(31)36)16-4-5-21(17-35)33-26(37)32-20-12-10-19(11-13-20)27(28,29)30/h2-3,6-15,17,21H,4-5,16H2,1H3,(H2,31,36)(H2,32,33,37). The summed E-state index contributed by atoms with van der Waals surface area (Å²) in [4.78, 5) is 37.3. The fraction of sp³-hybridized carbons (Fsp3) is 0.222. The van der Waals surface area contributed by atoms with Gasteiger partial charge in [0.1, 0.15) is 6.29 Å². The van der Waals surface area contributed by atoms with Gasteiger partial charge in [0.05, 0.1) is 11.6 Å². The largest absolute Gasteiger partial charge is 0.416 e. The Balaban J connectivity index is 1.49. The summed E-state index contributed by atoms with van der Waals surface area (Å²) in [6.07, 6.45) is -2.88. The number of carbonyl (C=O) groups is 3. The number of urea groups is 1. The lowest BCUT2D eigenvalue weighted by molar-refractivity contribution is -0.137. The number of primary amides is 1. The first kappa shape index (κ1) is 27.3. The summed E-state index contributed by atoms with van der Waals surface area (Å²) in [5.41, 5.74) is 7.80. The van der Waals surface area contributed by atoms with Crippen molar-refractivity contribution in [1.82, 2.24) is 5.32 Å². The van der Waals surface area contributed by atoms with Gasteiger partial charge in [-0.2, -0.15) is 13.2 Å². The normalized spacial score (nSPS) is 11.9. The Labute approximate surface area is 212 Å². The molecule has 1 atom stereocenters. The van der Waals surface area contributed by atoms with E-state index in [2.05, 4.69) is 10.6 Å². The molecule has 0 aromatic heterocycles. The molecule has 0 aliphatic heterocycles. The first-order valence-corrected chi connectivity index (χ1v) is 11.5. The first-order valence-electron chi connectivity index (χ1n) is 11.5. The van der Waals surface area contributed by atoms with E-state index in [9.17, 15) is 27.6 Å². The Bertz CT molecular complexity index is 1230. The highest BCUT2D eigenvalue weighted by atomic mass is 19.4. The fourth-order valence-corrected chi connectivity index (χ4v) is 3.77. The zero-order valence-corrected chi connectivity index (χ0v) is 20.1. The van der Waals surface area contributed by atoms with E-state index in [0.717, 1.165) is 41.1 Å². The fourth-order valence-electron chi connectivity index (χ4n) is 3.77. The molecule has 3 amide bonds. The van der Waals surface area contributed by atoms with Crippen molar-refractivity contribution in [2.45, 2.75) is 25.1 Å². The van der Waals surface area contributed by atoms with Crippen LogP contribution in [-0.2, 0) is 11.0 Å². The molecule has 3 aromatic carbocycles. The first-order chi connectivity index (χ1) is 17.6. The predicted octanol–water partition coefficient (Wildman–Crippen LogP) is 5.08. The van der Waals surface area contributed by atoms with E-state index in [-0.39, 0.29) is 5.69 Å². The van der Waals surface area contributed by atoms with Crippen molar-refractivity contribution in [2.24, 2.45) is 5.73 Å².